The van der Waals surface area contributed by atoms with Gasteiger partial charge in [-0.1, -0.05) is 0 Å². The zero-order valence-corrected chi connectivity index (χ0v) is 14.1. The quantitative estimate of drug-likeness (QED) is 0.650. The predicted molar refractivity (Wildman–Crippen MR) is 78.3 cm³/mol. The molecular formula is C12H15Cl2FeN3O2. The first-order valence-electron chi connectivity index (χ1n) is 5.48. The van der Waals surface area contributed by atoms with E-state index < -0.39 is 0 Å². The fourth-order valence-corrected chi connectivity index (χ4v) is 1.41. The van der Waals surface area contributed by atoms with E-state index in [1.807, 2.05) is 0 Å². The SMILES string of the molecule is CC(=O)N=C(C)c1ccc(C(C)=NC(C)=O)[nH]1.[Cl][Fe][Cl]. The second-order valence-corrected chi connectivity index (χ2v) is 5.59. The van der Waals surface area contributed by atoms with Gasteiger partial charge in [0.25, 0.3) is 0 Å². The zero-order valence-electron chi connectivity index (χ0n) is 11.5. The van der Waals surface area contributed by atoms with Crippen LogP contribution in [0, 0.1) is 0 Å². The fraction of sp³-hybridized carbons (Fsp3) is 0.333. The number of carbonyl (C=O) groups excluding carboxylic acids is 2. The Morgan fingerprint density at radius 2 is 1.25 bits per heavy atom. The van der Waals surface area contributed by atoms with Gasteiger partial charge in [0, 0.05) is 13.8 Å². The van der Waals surface area contributed by atoms with Crippen LogP contribution in [-0.2, 0) is 22.7 Å². The standard InChI is InChI=1S/C12H15N3O2.2ClH.Fe/c1-7(13-9(3)16)11-5-6-12(15-11)8(2)14-10(4)17;;;/h5-6,15H,1-4H3;2*1H;/q;;;+2/p-2. The molecule has 0 bridgehead atoms. The monoisotopic (exact) mass is 359 g/mol. The van der Waals surface area contributed by atoms with E-state index in [0.717, 1.165) is 11.4 Å². The number of amides is 2. The fourth-order valence-electron chi connectivity index (χ4n) is 1.41. The van der Waals surface area contributed by atoms with Crippen molar-refractivity contribution >= 4 is 43.4 Å². The molecule has 0 aliphatic heterocycles. The summed E-state index contributed by atoms with van der Waals surface area (Å²) in [7, 11) is 9.53. The van der Waals surface area contributed by atoms with E-state index in [4.69, 9.17) is 20.2 Å². The molecule has 0 unspecified atom stereocenters. The van der Waals surface area contributed by atoms with Gasteiger partial charge in [-0.2, -0.15) is 0 Å². The third kappa shape index (κ3) is 7.60. The number of H-pyrrole nitrogens is 1. The summed E-state index contributed by atoms with van der Waals surface area (Å²) in [4.78, 5) is 32.4. The van der Waals surface area contributed by atoms with E-state index in [-0.39, 0.29) is 24.9 Å². The number of aromatic amines is 1. The van der Waals surface area contributed by atoms with Gasteiger partial charge < -0.3 is 4.98 Å². The first-order chi connectivity index (χ1) is 9.31. The van der Waals surface area contributed by atoms with Crippen LogP contribution in [0.15, 0.2) is 22.1 Å². The van der Waals surface area contributed by atoms with Crippen LogP contribution in [0.4, 0.5) is 0 Å². The molecule has 1 rings (SSSR count). The Morgan fingerprint density at radius 1 is 0.950 bits per heavy atom. The third-order valence-corrected chi connectivity index (χ3v) is 2.12. The third-order valence-electron chi connectivity index (χ3n) is 2.12. The Labute approximate surface area is 132 Å². The average Bonchev–Trinajstić information content (AvgIpc) is 2.77. The van der Waals surface area contributed by atoms with Gasteiger partial charge >= 0.3 is 33.3 Å². The van der Waals surface area contributed by atoms with Crippen LogP contribution in [0.25, 0.3) is 0 Å². The number of hydrogen-bond acceptors (Lipinski definition) is 2. The molecular weight excluding hydrogens is 345 g/mol. The minimum absolute atomic E-state index is 0.194. The summed E-state index contributed by atoms with van der Waals surface area (Å²) in [6.45, 7) is 6.29. The first kappa shape index (κ1) is 19.1. The van der Waals surface area contributed by atoms with Gasteiger partial charge in [-0.25, -0.2) is 9.98 Å². The van der Waals surface area contributed by atoms with Crippen molar-refractivity contribution in [2.45, 2.75) is 27.7 Å². The summed E-state index contributed by atoms with van der Waals surface area (Å²) in [5.74, 6) is -0.486. The van der Waals surface area contributed by atoms with Crippen molar-refractivity contribution in [3.05, 3.63) is 23.5 Å². The van der Waals surface area contributed by atoms with Gasteiger partial charge in [0.2, 0.25) is 11.8 Å². The van der Waals surface area contributed by atoms with Crippen molar-refractivity contribution in [3.63, 3.8) is 0 Å². The molecule has 20 heavy (non-hydrogen) atoms. The topological polar surface area (TPSA) is 74.7 Å². The molecule has 1 N–H and O–H groups in total. The molecule has 0 saturated heterocycles. The molecule has 0 atom stereocenters. The second-order valence-electron chi connectivity index (χ2n) is 3.77. The molecule has 0 aliphatic carbocycles. The minimum atomic E-state index is -0.243. The number of nitrogens with one attached hydrogen (secondary N) is 1. The molecule has 0 aromatic carbocycles. The number of aliphatic imine (C=N–C) groups is 2. The Bertz CT molecular complexity index is 494. The Balaban J connectivity index is 0.00000110. The maximum absolute atomic E-state index is 10.8. The van der Waals surface area contributed by atoms with Gasteiger partial charge in [0.05, 0.1) is 22.8 Å². The van der Waals surface area contributed by atoms with Crippen LogP contribution in [0.2, 0.25) is 0 Å². The van der Waals surface area contributed by atoms with E-state index in [1.54, 1.807) is 26.0 Å². The molecule has 0 radical (unpaired) electrons. The summed E-state index contributed by atoms with van der Waals surface area (Å²) in [6.07, 6.45) is 0. The van der Waals surface area contributed by atoms with Gasteiger partial charge in [-0.05, 0) is 26.0 Å². The van der Waals surface area contributed by atoms with E-state index in [1.165, 1.54) is 13.8 Å². The molecule has 0 saturated carbocycles. The molecule has 1 heterocycles. The van der Waals surface area contributed by atoms with Crippen molar-refractivity contribution in [3.8, 4) is 0 Å². The van der Waals surface area contributed by atoms with Crippen LogP contribution in [-0.4, -0.2) is 28.2 Å². The van der Waals surface area contributed by atoms with Crippen molar-refractivity contribution < 1.29 is 22.7 Å². The molecule has 0 aliphatic rings. The molecule has 0 fully saturated rings. The Hall–Kier alpha value is -0.941. The summed E-state index contributed by atoms with van der Waals surface area (Å²) < 4.78 is 0. The van der Waals surface area contributed by atoms with Crippen LogP contribution >= 0.6 is 20.2 Å². The number of aromatic nitrogens is 1. The summed E-state index contributed by atoms with van der Waals surface area (Å²) in [5.41, 5.74) is 2.71. The van der Waals surface area contributed by atoms with Gasteiger partial charge in [-0.15, -0.1) is 0 Å². The van der Waals surface area contributed by atoms with Crippen LogP contribution in [0.1, 0.15) is 39.1 Å². The van der Waals surface area contributed by atoms with Crippen molar-refractivity contribution in [2.75, 3.05) is 0 Å². The zero-order chi connectivity index (χ0) is 15.7. The Kier molecular flexibility index (Phi) is 9.42. The van der Waals surface area contributed by atoms with E-state index in [9.17, 15) is 9.59 Å². The number of carbonyl (C=O) groups is 2. The number of halogens is 2. The molecule has 5 nitrogen and oxygen atoms in total. The van der Waals surface area contributed by atoms with Crippen LogP contribution in [0.3, 0.4) is 0 Å². The van der Waals surface area contributed by atoms with Crippen molar-refractivity contribution in [1.29, 1.82) is 0 Å². The number of nitrogens with zero attached hydrogens (tertiary/aromatic N) is 2. The Morgan fingerprint density at radius 3 is 1.50 bits per heavy atom. The van der Waals surface area contributed by atoms with Gasteiger partial charge in [0.1, 0.15) is 0 Å². The van der Waals surface area contributed by atoms with Gasteiger partial charge in [-0.3, -0.25) is 9.59 Å². The number of rotatable bonds is 2. The average molecular weight is 360 g/mol. The molecule has 112 valence electrons. The summed E-state index contributed by atoms with van der Waals surface area (Å²) >= 11 is 0.194. The normalized spacial score (nSPS) is 11.9. The van der Waals surface area contributed by atoms with E-state index in [2.05, 4.69) is 15.0 Å². The molecule has 1 aromatic rings. The van der Waals surface area contributed by atoms with E-state index in [0.29, 0.717) is 11.4 Å². The molecule has 1 aromatic heterocycles. The van der Waals surface area contributed by atoms with Crippen LogP contribution in [0.5, 0.6) is 0 Å². The summed E-state index contributed by atoms with van der Waals surface area (Å²) in [6, 6.07) is 3.60. The molecule has 8 heteroatoms. The maximum atomic E-state index is 10.8. The van der Waals surface area contributed by atoms with Gasteiger partial charge in [0.15, 0.2) is 0 Å². The van der Waals surface area contributed by atoms with Crippen molar-refractivity contribution in [1.82, 2.24) is 4.98 Å². The number of hydrogen-bond donors (Lipinski definition) is 1. The van der Waals surface area contributed by atoms with Crippen LogP contribution < -0.4 is 0 Å². The van der Waals surface area contributed by atoms with Crippen molar-refractivity contribution in [2.24, 2.45) is 9.98 Å². The predicted octanol–water partition coefficient (Wildman–Crippen LogP) is 3.10. The molecule has 0 spiro atoms. The van der Waals surface area contributed by atoms with E-state index >= 15 is 0 Å². The second kappa shape index (κ2) is 9.88. The first-order valence-corrected chi connectivity index (χ1v) is 8.52. The molecule has 2 amide bonds. The summed E-state index contributed by atoms with van der Waals surface area (Å²) in [5, 5.41) is 0.